The van der Waals surface area contributed by atoms with Crippen LogP contribution < -0.4 is 0 Å². The molecule has 0 aromatic rings. The number of nitrogens with zero attached hydrogens (tertiary/aromatic N) is 1. The Balaban J connectivity index is 2.41. The molecular formula is C21H35BNO4. The second kappa shape index (κ2) is 10.7. The van der Waals surface area contributed by atoms with Gasteiger partial charge >= 0.3 is 5.97 Å². The van der Waals surface area contributed by atoms with Gasteiger partial charge in [0.1, 0.15) is 7.28 Å². The maximum absolute atomic E-state index is 12.1. The lowest BCUT2D eigenvalue weighted by Gasteiger charge is -2.42. The molecule has 5 nitrogen and oxygen atoms in total. The second-order valence-corrected chi connectivity index (χ2v) is 8.60. The number of carbonyl (C=O) groups excluding carboxylic acids is 3. The Morgan fingerprint density at radius 1 is 1.04 bits per heavy atom. The van der Waals surface area contributed by atoms with Gasteiger partial charge in [0.25, 0.3) is 11.8 Å². The van der Waals surface area contributed by atoms with E-state index in [9.17, 15) is 14.4 Å². The average molecular weight is 376 g/mol. The van der Waals surface area contributed by atoms with E-state index < -0.39 is 17.8 Å². The summed E-state index contributed by atoms with van der Waals surface area (Å²) in [6, 6.07) is 0. The van der Waals surface area contributed by atoms with Gasteiger partial charge in [-0.3, -0.25) is 9.59 Å². The highest BCUT2D eigenvalue weighted by Crippen LogP contribution is 2.45. The Bertz CT molecular complexity index is 538. The first-order valence-electron chi connectivity index (χ1n) is 10.1. The molecule has 1 saturated heterocycles. The Kier molecular flexibility index (Phi) is 9.27. The van der Waals surface area contributed by atoms with E-state index in [1.165, 1.54) is 0 Å². The maximum atomic E-state index is 12.1. The molecule has 0 bridgehead atoms. The Labute approximate surface area is 165 Å². The monoisotopic (exact) mass is 376 g/mol. The fourth-order valence-corrected chi connectivity index (χ4v) is 2.99. The Hall–Kier alpha value is -1.59. The van der Waals surface area contributed by atoms with E-state index in [1.54, 1.807) is 0 Å². The van der Waals surface area contributed by atoms with Crippen LogP contribution in [0.4, 0.5) is 0 Å². The van der Waals surface area contributed by atoms with Crippen molar-refractivity contribution in [3.05, 3.63) is 12.2 Å². The molecule has 1 fully saturated rings. The zero-order chi connectivity index (χ0) is 20.5. The number of carbonyl (C=O) groups is 3. The SMILES string of the molecule is CC[B]CC/C=C\CCC(C)(C)C(C)(C)CCC(=O)ON1C(=O)CCC1=O. The topological polar surface area (TPSA) is 63.7 Å². The zero-order valence-electron chi connectivity index (χ0n) is 17.7. The largest absolute Gasteiger partial charge is 0.333 e. The predicted octanol–water partition coefficient (Wildman–Crippen LogP) is 4.71. The lowest BCUT2D eigenvalue weighted by atomic mass is 9.63. The summed E-state index contributed by atoms with van der Waals surface area (Å²) in [7, 11) is 2.29. The van der Waals surface area contributed by atoms with Crippen LogP contribution in [-0.4, -0.2) is 30.1 Å². The fourth-order valence-electron chi connectivity index (χ4n) is 2.99. The van der Waals surface area contributed by atoms with Gasteiger partial charge in [0.15, 0.2) is 0 Å². The summed E-state index contributed by atoms with van der Waals surface area (Å²) in [6.45, 7) is 10.9. The number of imide groups is 1. The molecule has 0 atom stereocenters. The van der Waals surface area contributed by atoms with Gasteiger partial charge in [-0.05, 0) is 36.5 Å². The number of hydrogen-bond acceptors (Lipinski definition) is 4. The molecule has 2 amide bonds. The van der Waals surface area contributed by atoms with Gasteiger partial charge in [-0.15, -0.1) is 5.06 Å². The predicted molar refractivity (Wildman–Crippen MR) is 108 cm³/mol. The number of rotatable bonds is 12. The van der Waals surface area contributed by atoms with E-state index >= 15 is 0 Å². The van der Waals surface area contributed by atoms with Crippen molar-refractivity contribution < 1.29 is 19.2 Å². The Morgan fingerprint density at radius 2 is 1.59 bits per heavy atom. The molecule has 1 aliphatic heterocycles. The van der Waals surface area contributed by atoms with Crippen LogP contribution in [0.5, 0.6) is 0 Å². The van der Waals surface area contributed by atoms with Crippen molar-refractivity contribution in [1.82, 2.24) is 5.06 Å². The molecule has 151 valence electrons. The van der Waals surface area contributed by atoms with Crippen LogP contribution >= 0.6 is 0 Å². The van der Waals surface area contributed by atoms with Gasteiger partial charge in [0.05, 0.1) is 0 Å². The van der Waals surface area contributed by atoms with Crippen LogP contribution in [0, 0.1) is 10.8 Å². The molecule has 0 spiro atoms. The van der Waals surface area contributed by atoms with Crippen molar-refractivity contribution in [3.63, 3.8) is 0 Å². The molecule has 0 unspecified atom stereocenters. The molecule has 1 radical (unpaired) electrons. The van der Waals surface area contributed by atoms with Gasteiger partial charge in [-0.1, -0.05) is 59.4 Å². The summed E-state index contributed by atoms with van der Waals surface area (Å²) in [5.74, 6) is -1.39. The quantitative estimate of drug-likeness (QED) is 0.214. The lowest BCUT2D eigenvalue weighted by molar-refractivity contribution is -0.198. The third-order valence-electron chi connectivity index (χ3n) is 5.91. The third-order valence-corrected chi connectivity index (χ3v) is 5.91. The molecule has 0 aromatic heterocycles. The summed E-state index contributed by atoms with van der Waals surface area (Å²) in [5, 5.41) is 0.626. The number of amides is 2. The first-order chi connectivity index (χ1) is 12.6. The lowest BCUT2D eigenvalue weighted by Crippen LogP contribution is -2.35. The molecule has 0 aromatic carbocycles. The van der Waals surface area contributed by atoms with Gasteiger partial charge in [-0.25, -0.2) is 4.79 Å². The van der Waals surface area contributed by atoms with Gasteiger partial charge in [0.2, 0.25) is 0 Å². The van der Waals surface area contributed by atoms with E-state index in [0.717, 1.165) is 31.9 Å². The van der Waals surface area contributed by atoms with Crippen molar-refractivity contribution >= 4 is 25.1 Å². The molecule has 1 aliphatic rings. The summed E-state index contributed by atoms with van der Waals surface area (Å²) in [4.78, 5) is 40.1. The molecule has 0 aliphatic carbocycles. The van der Waals surface area contributed by atoms with E-state index in [2.05, 4.69) is 54.1 Å². The minimum absolute atomic E-state index is 0.0481. The van der Waals surface area contributed by atoms with E-state index in [4.69, 9.17) is 4.84 Å². The van der Waals surface area contributed by atoms with Crippen LogP contribution in [0.15, 0.2) is 12.2 Å². The summed E-state index contributed by atoms with van der Waals surface area (Å²) < 4.78 is 0. The summed E-state index contributed by atoms with van der Waals surface area (Å²) in [6.07, 6.45) is 11.0. The number of allylic oxidation sites excluding steroid dienone is 2. The van der Waals surface area contributed by atoms with Crippen LogP contribution in [0.2, 0.25) is 12.6 Å². The molecule has 0 N–H and O–H groups in total. The van der Waals surface area contributed by atoms with Crippen LogP contribution in [0.3, 0.4) is 0 Å². The zero-order valence-corrected chi connectivity index (χ0v) is 17.7. The van der Waals surface area contributed by atoms with Crippen molar-refractivity contribution in [2.45, 2.75) is 92.2 Å². The highest BCUT2D eigenvalue weighted by molar-refractivity contribution is 6.35. The summed E-state index contributed by atoms with van der Waals surface area (Å²) in [5.41, 5.74) is -0.0265. The van der Waals surface area contributed by atoms with Crippen molar-refractivity contribution in [3.8, 4) is 0 Å². The van der Waals surface area contributed by atoms with E-state index in [1.807, 2.05) is 0 Å². The molecule has 1 rings (SSSR count). The van der Waals surface area contributed by atoms with Crippen molar-refractivity contribution in [2.24, 2.45) is 10.8 Å². The molecule has 27 heavy (non-hydrogen) atoms. The van der Waals surface area contributed by atoms with Gasteiger partial charge in [0, 0.05) is 19.3 Å². The average Bonchev–Trinajstić information content (AvgIpc) is 2.91. The molecule has 0 saturated carbocycles. The minimum atomic E-state index is -0.519. The third kappa shape index (κ3) is 7.51. The first-order valence-corrected chi connectivity index (χ1v) is 10.1. The molecule has 1 heterocycles. The van der Waals surface area contributed by atoms with Crippen LogP contribution in [0.1, 0.15) is 79.6 Å². The second-order valence-electron chi connectivity index (χ2n) is 8.60. The highest BCUT2D eigenvalue weighted by Gasteiger charge is 2.37. The minimum Gasteiger partial charge on any atom is -0.330 e. The maximum Gasteiger partial charge on any atom is 0.333 e. The van der Waals surface area contributed by atoms with E-state index in [-0.39, 0.29) is 30.1 Å². The molecular weight excluding hydrogens is 341 g/mol. The smallest absolute Gasteiger partial charge is 0.330 e. The standard InChI is InChI=1S/C21H35BNO4/c1-6-22-16-10-8-7-9-14-20(2,3)21(4,5)15-13-19(26)27-23-17(24)11-12-18(23)25/h7-8H,6,9-16H2,1-5H3/b8-7-. The van der Waals surface area contributed by atoms with Crippen LogP contribution in [0.25, 0.3) is 0 Å². The van der Waals surface area contributed by atoms with Gasteiger partial charge in [-0.2, -0.15) is 0 Å². The Morgan fingerprint density at radius 3 is 2.19 bits per heavy atom. The van der Waals surface area contributed by atoms with Crippen LogP contribution in [-0.2, 0) is 19.2 Å². The van der Waals surface area contributed by atoms with Crippen molar-refractivity contribution in [1.29, 1.82) is 0 Å². The first kappa shape index (κ1) is 23.5. The van der Waals surface area contributed by atoms with Gasteiger partial charge < -0.3 is 4.84 Å². The molecule has 6 heteroatoms. The highest BCUT2D eigenvalue weighted by atomic mass is 16.7. The number of hydrogen-bond donors (Lipinski definition) is 0. The normalized spacial score (nSPS) is 15.7. The summed E-state index contributed by atoms with van der Waals surface area (Å²) >= 11 is 0. The fraction of sp³-hybridized carbons (Fsp3) is 0.762. The van der Waals surface area contributed by atoms with E-state index in [0.29, 0.717) is 11.5 Å². The van der Waals surface area contributed by atoms with Crippen molar-refractivity contribution in [2.75, 3.05) is 0 Å². The number of hydroxylamine groups is 2.